The number of methoxy groups -OCH3 is 3. The summed E-state index contributed by atoms with van der Waals surface area (Å²) in [6.07, 6.45) is 2.28. The maximum absolute atomic E-state index is 12.9. The van der Waals surface area contributed by atoms with Gasteiger partial charge < -0.3 is 23.5 Å². The fourth-order valence-electron chi connectivity index (χ4n) is 3.83. The molecule has 1 aliphatic heterocycles. The predicted octanol–water partition coefficient (Wildman–Crippen LogP) is 1.49. The van der Waals surface area contributed by atoms with E-state index in [-0.39, 0.29) is 28.8 Å². The molecule has 0 aliphatic carbocycles. The van der Waals surface area contributed by atoms with Crippen LogP contribution in [0.5, 0.6) is 5.75 Å². The standard InChI is InChI=1S/C20H24N6O6S/c1-11-5-7-21-26(11)20-24-23-19(33-20)22-17(27)15-9-12(16(31-4)18(28)32-15)25-8-6-14(30-3)13(25)10-29-2/h5,7,9,13-14H,6,8,10H2,1-4H3,(H,22,23,27)/t13-,14+/m0/s1. The van der Waals surface area contributed by atoms with E-state index in [4.69, 9.17) is 18.6 Å². The highest BCUT2D eigenvalue weighted by atomic mass is 32.1. The summed E-state index contributed by atoms with van der Waals surface area (Å²) in [7, 11) is 4.61. The van der Waals surface area contributed by atoms with E-state index in [1.54, 1.807) is 25.1 Å². The zero-order valence-electron chi connectivity index (χ0n) is 18.6. The first kappa shape index (κ1) is 22.9. The molecule has 4 heterocycles. The Labute approximate surface area is 193 Å². The highest BCUT2D eigenvalue weighted by molar-refractivity contribution is 7.17. The van der Waals surface area contributed by atoms with Crippen LogP contribution in [0.25, 0.3) is 5.13 Å². The van der Waals surface area contributed by atoms with Gasteiger partial charge in [0.25, 0.3) is 5.91 Å². The smallest absolute Gasteiger partial charge is 0.381 e. The number of aryl methyl sites for hydroxylation is 1. The lowest BCUT2D eigenvalue weighted by Gasteiger charge is -2.29. The molecule has 1 fully saturated rings. The minimum atomic E-state index is -0.762. The summed E-state index contributed by atoms with van der Waals surface area (Å²) >= 11 is 1.14. The van der Waals surface area contributed by atoms with Crippen LogP contribution in [0, 0.1) is 6.92 Å². The average molecular weight is 477 g/mol. The molecular formula is C20H24N6O6S. The van der Waals surface area contributed by atoms with Gasteiger partial charge in [-0.15, -0.1) is 10.2 Å². The van der Waals surface area contributed by atoms with Crippen LogP contribution < -0.4 is 20.6 Å². The largest absolute Gasteiger partial charge is 0.488 e. The van der Waals surface area contributed by atoms with Gasteiger partial charge in [0, 0.05) is 38.7 Å². The maximum Gasteiger partial charge on any atom is 0.381 e. The molecule has 3 aromatic heterocycles. The monoisotopic (exact) mass is 476 g/mol. The van der Waals surface area contributed by atoms with Crippen molar-refractivity contribution in [2.24, 2.45) is 0 Å². The van der Waals surface area contributed by atoms with Gasteiger partial charge in [0.1, 0.15) is 0 Å². The van der Waals surface area contributed by atoms with Crippen LogP contribution in [-0.2, 0) is 9.47 Å². The third-order valence-corrected chi connectivity index (χ3v) is 6.21. The van der Waals surface area contributed by atoms with Crippen molar-refractivity contribution in [3.05, 3.63) is 40.2 Å². The third kappa shape index (κ3) is 4.47. The lowest BCUT2D eigenvalue weighted by Crippen LogP contribution is -2.40. The molecule has 0 aromatic carbocycles. The van der Waals surface area contributed by atoms with Crippen molar-refractivity contribution in [2.45, 2.75) is 25.5 Å². The molecule has 4 rings (SSSR count). The first-order valence-corrected chi connectivity index (χ1v) is 10.9. The number of carbonyl (C=O) groups is 1. The molecule has 2 atom stereocenters. The summed E-state index contributed by atoms with van der Waals surface area (Å²) in [5.74, 6) is -0.807. The van der Waals surface area contributed by atoms with Gasteiger partial charge in [0.15, 0.2) is 5.76 Å². The highest BCUT2D eigenvalue weighted by Crippen LogP contribution is 2.34. The normalized spacial score (nSPS) is 18.0. The lowest BCUT2D eigenvalue weighted by atomic mass is 10.1. The van der Waals surface area contributed by atoms with E-state index in [2.05, 4.69) is 20.6 Å². The summed E-state index contributed by atoms with van der Waals surface area (Å²) in [4.78, 5) is 27.4. The summed E-state index contributed by atoms with van der Waals surface area (Å²) in [6, 6.07) is 3.15. The quantitative estimate of drug-likeness (QED) is 0.509. The topological polar surface area (TPSA) is 134 Å². The lowest BCUT2D eigenvalue weighted by molar-refractivity contribution is 0.0630. The van der Waals surface area contributed by atoms with Gasteiger partial charge in [-0.25, -0.2) is 9.48 Å². The second-order valence-corrected chi connectivity index (χ2v) is 8.28. The molecule has 0 spiro atoms. The Balaban J connectivity index is 1.62. The van der Waals surface area contributed by atoms with Crippen LogP contribution in [0.4, 0.5) is 10.8 Å². The molecule has 1 saturated heterocycles. The number of amides is 1. The van der Waals surface area contributed by atoms with Crippen molar-refractivity contribution in [3.8, 4) is 10.9 Å². The Kier molecular flexibility index (Phi) is 6.72. The summed E-state index contributed by atoms with van der Waals surface area (Å²) in [5.41, 5.74) is 0.549. The zero-order valence-corrected chi connectivity index (χ0v) is 19.4. The van der Waals surface area contributed by atoms with Crippen LogP contribution in [0.1, 0.15) is 22.7 Å². The highest BCUT2D eigenvalue weighted by Gasteiger charge is 2.37. The van der Waals surface area contributed by atoms with Crippen molar-refractivity contribution in [1.82, 2.24) is 20.0 Å². The molecule has 176 valence electrons. The third-order valence-electron chi connectivity index (χ3n) is 5.40. The van der Waals surface area contributed by atoms with E-state index >= 15 is 0 Å². The van der Waals surface area contributed by atoms with Crippen LogP contribution in [0.15, 0.2) is 27.5 Å². The summed E-state index contributed by atoms with van der Waals surface area (Å²) in [6.45, 7) is 2.85. The molecule has 0 radical (unpaired) electrons. The second kappa shape index (κ2) is 9.68. The van der Waals surface area contributed by atoms with Crippen molar-refractivity contribution >= 4 is 28.1 Å². The number of rotatable bonds is 8. The van der Waals surface area contributed by atoms with Gasteiger partial charge in [-0.05, 0) is 19.4 Å². The van der Waals surface area contributed by atoms with Gasteiger partial charge in [0.05, 0.1) is 31.5 Å². The Morgan fingerprint density at radius 1 is 1.33 bits per heavy atom. The van der Waals surface area contributed by atoms with Gasteiger partial charge in [-0.1, -0.05) is 11.3 Å². The van der Waals surface area contributed by atoms with Crippen molar-refractivity contribution in [1.29, 1.82) is 0 Å². The Bertz CT molecular complexity index is 1190. The Morgan fingerprint density at radius 2 is 2.15 bits per heavy atom. The number of nitrogens with zero attached hydrogens (tertiary/aromatic N) is 5. The summed E-state index contributed by atoms with van der Waals surface area (Å²) in [5, 5.41) is 15.6. The Hall–Kier alpha value is -3.29. The molecular weight excluding hydrogens is 452 g/mol. The zero-order chi connectivity index (χ0) is 23.5. The first-order chi connectivity index (χ1) is 16.0. The Morgan fingerprint density at radius 3 is 2.82 bits per heavy atom. The number of ether oxygens (including phenoxy) is 3. The van der Waals surface area contributed by atoms with E-state index in [1.807, 2.05) is 17.9 Å². The number of nitrogens with one attached hydrogen (secondary N) is 1. The number of carbonyl (C=O) groups excluding carboxylic acids is 1. The van der Waals surface area contributed by atoms with Gasteiger partial charge in [0.2, 0.25) is 16.0 Å². The van der Waals surface area contributed by atoms with Crippen molar-refractivity contribution in [3.63, 3.8) is 0 Å². The minimum absolute atomic E-state index is 0.0109. The van der Waals surface area contributed by atoms with Crippen LogP contribution >= 0.6 is 11.3 Å². The molecule has 0 saturated carbocycles. The van der Waals surface area contributed by atoms with E-state index in [0.717, 1.165) is 23.5 Å². The molecule has 3 aromatic rings. The van der Waals surface area contributed by atoms with E-state index in [9.17, 15) is 9.59 Å². The summed E-state index contributed by atoms with van der Waals surface area (Å²) < 4.78 is 23.1. The number of aromatic nitrogens is 4. The molecule has 1 amide bonds. The fourth-order valence-corrected chi connectivity index (χ4v) is 4.59. The van der Waals surface area contributed by atoms with Gasteiger partial charge >= 0.3 is 5.63 Å². The second-order valence-electron chi connectivity index (χ2n) is 7.32. The van der Waals surface area contributed by atoms with E-state index in [0.29, 0.717) is 24.0 Å². The minimum Gasteiger partial charge on any atom is -0.488 e. The molecule has 0 unspecified atom stereocenters. The number of hydrogen-bond acceptors (Lipinski definition) is 11. The number of hydrogen-bond donors (Lipinski definition) is 1. The first-order valence-electron chi connectivity index (χ1n) is 10.1. The molecule has 13 heteroatoms. The van der Waals surface area contributed by atoms with Crippen LogP contribution in [-0.4, -0.2) is 72.5 Å². The van der Waals surface area contributed by atoms with Crippen LogP contribution in [0.2, 0.25) is 0 Å². The fraction of sp³-hybridized carbons (Fsp3) is 0.450. The average Bonchev–Trinajstić information content (AvgIpc) is 3.53. The van der Waals surface area contributed by atoms with Crippen molar-refractivity contribution in [2.75, 3.05) is 44.7 Å². The van der Waals surface area contributed by atoms with E-state index < -0.39 is 11.5 Å². The molecule has 0 bridgehead atoms. The molecule has 1 aliphatic rings. The number of anilines is 2. The van der Waals surface area contributed by atoms with E-state index in [1.165, 1.54) is 13.2 Å². The molecule has 12 nitrogen and oxygen atoms in total. The van der Waals surface area contributed by atoms with Gasteiger partial charge in [-0.2, -0.15) is 5.10 Å². The van der Waals surface area contributed by atoms with Crippen LogP contribution in [0.3, 0.4) is 0 Å². The predicted molar refractivity (Wildman–Crippen MR) is 120 cm³/mol. The van der Waals surface area contributed by atoms with Gasteiger partial charge in [-0.3, -0.25) is 10.1 Å². The SMILES string of the molecule is COC[C@H]1[C@H](OC)CCN1c1cc(C(=O)Nc2nnc(-n3nccc3C)s2)oc(=O)c1OC. The molecule has 33 heavy (non-hydrogen) atoms. The molecule has 1 N–H and O–H groups in total. The maximum atomic E-state index is 12.9. The van der Waals surface area contributed by atoms with Crippen molar-refractivity contribution < 1.29 is 23.4 Å².